The molecule has 2 fully saturated rings. The number of carbonyl (C=O) groups excluding carboxylic acids is 1. The number of benzene rings is 2. The fourth-order valence-electron chi connectivity index (χ4n) is 3.27. The first kappa shape index (κ1) is 22.1. The summed E-state index contributed by atoms with van der Waals surface area (Å²) in [6.45, 7) is 1.72. The molecule has 0 saturated carbocycles. The van der Waals surface area contributed by atoms with Gasteiger partial charge in [-0.25, -0.2) is 0 Å². The first-order valence-corrected chi connectivity index (χ1v) is 12.2. The fourth-order valence-corrected chi connectivity index (χ4v) is 5.14. The average molecular weight is 572 g/mol. The topological polar surface area (TPSA) is 38.8 Å². The van der Waals surface area contributed by atoms with E-state index in [1.165, 1.54) is 15.3 Å². The van der Waals surface area contributed by atoms with Gasteiger partial charge in [-0.1, -0.05) is 53.8 Å². The monoisotopic (exact) mass is 571 g/mol. The molecule has 0 N–H and O–H groups in total. The Kier molecular flexibility index (Phi) is 7.36. The van der Waals surface area contributed by atoms with E-state index >= 15 is 0 Å². The van der Waals surface area contributed by atoms with Crippen LogP contribution in [0.1, 0.15) is 24.0 Å². The second kappa shape index (κ2) is 9.99. The molecule has 2 aliphatic rings. The van der Waals surface area contributed by atoms with E-state index in [0.29, 0.717) is 33.1 Å². The van der Waals surface area contributed by atoms with E-state index in [2.05, 4.69) is 22.6 Å². The molecule has 2 saturated heterocycles. The molecule has 0 radical (unpaired) electrons. The molecule has 4 nitrogen and oxygen atoms in total. The van der Waals surface area contributed by atoms with Crippen molar-refractivity contribution >= 4 is 74.5 Å². The minimum atomic E-state index is -0.0735. The van der Waals surface area contributed by atoms with Gasteiger partial charge in [0.05, 0.1) is 22.6 Å². The highest BCUT2D eigenvalue weighted by atomic mass is 127. The van der Waals surface area contributed by atoms with Crippen LogP contribution in [0.3, 0.4) is 0 Å². The van der Waals surface area contributed by atoms with Gasteiger partial charge in [0, 0.05) is 10.2 Å². The lowest BCUT2D eigenvalue weighted by Crippen LogP contribution is -2.35. The Bertz CT molecular complexity index is 990. The number of rotatable bonds is 6. The van der Waals surface area contributed by atoms with Crippen molar-refractivity contribution in [2.45, 2.75) is 25.6 Å². The van der Waals surface area contributed by atoms with Crippen LogP contribution in [-0.4, -0.2) is 34.4 Å². The van der Waals surface area contributed by atoms with E-state index in [1.807, 2.05) is 42.5 Å². The van der Waals surface area contributed by atoms with Gasteiger partial charge in [0.25, 0.3) is 5.91 Å². The molecule has 2 aliphatic heterocycles. The van der Waals surface area contributed by atoms with Gasteiger partial charge in [0.15, 0.2) is 0 Å². The molecule has 2 heterocycles. The van der Waals surface area contributed by atoms with E-state index in [0.717, 1.165) is 30.6 Å². The van der Waals surface area contributed by atoms with E-state index in [9.17, 15) is 4.79 Å². The van der Waals surface area contributed by atoms with Gasteiger partial charge in [0.1, 0.15) is 16.7 Å². The van der Waals surface area contributed by atoms with Crippen LogP contribution >= 0.6 is 58.2 Å². The van der Waals surface area contributed by atoms with E-state index in [1.54, 1.807) is 11.0 Å². The zero-order valence-electron chi connectivity index (χ0n) is 16.0. The number of halogens is 2. The van der Waals surface area contributed by atoms with Crippen molar-refractivity contribution in [2.75, 3.05) is 13.2 Å². The highest BCUT2D eigenvalue weighted by Crippen LogP contribution is 2.35. The molecule has 0 spiro atoms. The second-order valence-corrected chi connectivity index (χ2v) is 10.4. The van der Waals surface area contributed by atoms with Gasteiger partial charge in [-0.3, -0.25) is 9.69 Å². The number of carbonyl (C=O) groups is 1. The summed E-state index contributed by atoms with van der Waals surface area (Å²) in [5.74, 6) is 0.536. The normalized spacial score (nSPS) is 20.4. The van der Waals surface area contributed by atoms with Crippen LogP contribution in [0, 0.1) is 3.57 Å². The van der Waals surface area contributed by atoms with Crippen molar-refractivity contribution in [3.8, 4) is 5.75 Å². The third-order valence-electron chi connectivity index (χ3n) is 4.85. The Morgan fingerprint density at radius 3 is 2.80 bits per heavy atom. The maximum atomic E-state index is 12.8. The van der Waals surface area contributed by atoms with E-state index in [-0.39, 0.29) is 12.0 Å². The van der Waals surface area contributed by atoms with E-state index in [4.69, 9.17) is 33.3 Å². The average Bonchev–Trinajstić information content (AvgIpc) is 3.33. The summed E-state index contributed by atoms with van der Waals surface area (Å²) in [6, 6.07) is 13.7. The molecule has 0 unspecified atom stereocenters. The molecule has 1 atom stereocenters. The highest BCUT2D eigenvalue weighted by Gasteiger charge is 2.34. The molecule has 1 amide bonds. The third kappa shape index (κ3) is 5.37. The maximum absolute atomic E-state index is 12.8. The lowest BCUT2D eigenvalue weighted by molar-refractivity contribution is -0.123. The number of hydrogen-bond donors (Lipinski definition) is 0. The summed E-state index contributed by atoms with van der Waals surface area (Å²) >= 11 is 15.4. The molecule has 2 aromatic rings. The minimum absolute atomic E-state index is 0.0735. The molecule has 2 aromatic carbocycles. The maximum Gasteiger partial charge on any atom is 0.266 e. The molecular formula is C22H19ClINO3S2. The van der Waals surface area contributed by atoms with Crippen molar-refractivity contribution < 1.29 is 14.3 Å². The number of thioether (sulfide) groups is 1. The van der Waals surface area contributed by atoms with Gasteiger partial charge >= 0.3 is 0 Å². The lowest BCUT2D eigenvalue weighted by Gasteiger charge is -2.18. The standard InChI is InChI=1S/C22H19ClINO3S2/c23-18-10-15(5-8-19(18)28-13-14-3-6-16(24)7-4-14)11-20-21(26)25(22(29)30-20)12-17-2-1-9-27-17/h3-8,10-11,17H,1-2,9,12-13H2/b20-11-/t17-/m1/s1. The minimum Gasteiger partial charge on any atom is -0.487 e. The van der Waals surface area contributed by atoms with Crippen LogP contribution in [0.15, 0.2) is 47.4 Å². The summed E-state index contributed by atoms with van der Waals surface area (Å²) in [4.78, 5) is 15.0. The Labute approximate surface area is 204 Å². The van der Waals surface area contributed by atoms with E-state index < -0.39 is 0 Å². The molecule has 156 valence electrons. The summed E-state index contributed by atoms with van der Waals surface area (Å²) < 4.78 is 13.2. The van der Waals surface area contributed by atoms with Gasteiger partial charge in [-0.05, 0) is 76.9 Å². The van der Waals surface area contributed by atoms with Crippen LogP contribution in [-0.2, 0) is 16.1 Å². The SMILES string of the molecule is O=C1/C(=C/c2ccc(OCc3ccc(I)cc3)c(Cl)c2)SC(=S)N1C[C@H]1CCCO1. The number of hydrogen-bond acceptors (Lipinski definition) is 5. The Morgan fingerprint density at radius 2 is 2.10 bits per heavy atom. The molecular weight excluding hydrogens is 553 g/mol. The highest BCUT2D eigenvalue weighted by molar-refractivity contribution is 14.1. The lowest BCUT2D eigenvalue weighted by atomic mass is 10.2. The van der Waals surface area contributed by atoms with Gasteiger partial charge < -0.3 is 9.47 Å². The summed E-state index contributed by atoms with van der Waals surface area (Å²) in [5.41, 5.74) is 1.91. The number of nitrogens with zero attached hydrogens (tertiary/aromatic N) is 1. The quantitative estimate of drug-likeness (QED) is 0.245. The number of amides is 1. The van der Waals surface area contributed by atoms with Crippen molar-refractivity contribution in [3.63, 3.8) is 0 Å². The van der Waals surface area contributed by atoms with Crippen molar-refractivity contribution in [1.29, 1.82) is 0 Å². The zero-order chi connectivity index (χ0) is 21.1. The Hall–Kier alpha value is -1.13. The Balaban J connectivity index is 1.42. The first-order valence-electron chi connectivity index (χ1n) is 9.53. The molecule has 8 heteroatoms. The summed E-state index contributed by atoms with van der Waals surface area (Å²) in [6.07, 6.45) is 3.90. The molecule has 4 rings (SSSR count). The smallest absolute Gasteiger partial charge is 0.266 e. The van der Waals surface area contributed by atoms with Crippen molar-refractivity contribution in [1.82, 2.24) is 4.90 Å². The van der Waals surface area contributed by atoms with Crippen LogP contribution in [0.4, 0.5) is 0 Å². The first-order chi connectivity index (χ1) is 14.5. The summed E-state index contributed by atoms with van der Waals surface area (Å²) in [5, 5.41) is 0.504. The van der Waals surface area contributed by atoms with Gasteiger partial charge in [-0.2, -0.15) is 0 Å². The van der Waals surface area contributed by atoms with Gasteiger partial charge in [0.2, 0.25) is 0 Å². The number of ether oxygens (including phenoxy) is 2. The molecule has 30 heavy (non-hydrogen) atoms. The Morgan fingerprint density at radius 1 is 1.30 bits per heavy atom. The zero-order valence-corrected chi connectivity index (χ0v) is 20.5. The van der Waals surface area contributed by atoms with Crippen molar-refractivity contribution in [2.24, 2.45) is 0 Å². The van der Waals surface area contributed by atoms with Crippen LogP contribution in [0.25, 0.3) is 6.08 Å². The third-order valence-corrected chi connectivity index (χ3v) is 7.24. The van der Waals surface area contributed by atoms with Crippen LogP contribution < -0.4 is 4.74 Å². The number of thiocarbonyl (C=S) groups is 1. The van der Waals surface area contributed by atoms with Gasteiger partial charge in [-0.15, -0.1) is 0 Å². The predicted molar refractivity (Wildman–Crippen MR) is 134 cm³/mol. The molecule has 0 bridgehead atoms. The van der Waals surface area contributed by atoms with Crippen LogP contribution in [0.5, 0.6) is 5.75 Å². The molecule has 0 aliphatic carbocycles. The molecule has 0 aromatic heterocycles. The summed E-state index contributed by atoms with van der Waals surface area (Å²) in [7, 11) is 0. The van der Waals surface area contributed by atoms with Crippen LogP contribution in [0.2, 0.25) is 5.02 Å². The predicted octanol–water partition coefficient (Wildman–Crippen LogP) is 5.90. The largest absolute Gasteiger partial charge is 0.487 e. The second-order valence-electron chi connectivity index (χ2n) is 7.03. The fraction of sp³-hybridized carbons (Fsp3) is 0.273. The van der Waals surface area contributed by atoms with Crippen molar-refractivity contribution in [3.05, 3.63) is 67.1 Å².